The molecule has 0 saturated heterocycles. The number of pyridine rings is 1. The van der Waals surface area contributed by atoms with Gasteiger partial charge in [0, 0.05) is 30.1 Å². The van der Waals surface area contributed by atoms with Crippen LogP contribution in [0.2, 0.25) is 0 Å². The van der Waals surface area contributed by atoms with Crippen LogP contribution < -0.4 is 10.1 Å². The Morgan fingerprint density at radius 3 is 3.00 bits per heavy atom. The van der Waals surface area contributed by atoms with Gasteiger partial charge in [-0.1, -0.05) is 0 Å². The molecule has 5 nitrogen and oxygen atoms in total. The van der Waals surface area contributed by atoms with Crippen LogP contribution in [-0.2, 0) is 4.79 Å². The number of carboxylic acids is 1. The predicted molar refractivity (Wildman–Crippen MR) is 85.9 cm³/mol. The van der Waals surface area contributed by atoms with Gasteiger partial charge in [-0.2, -0.15) is 0 Å². The number of carboxylic acid groups (broad SMARTS) is 1. The van der Waals surface area contributed by atoms with Crippen molar-refractivity contribution < 1.29 is 14.6 Å². The van der Waals surface area contributed by atoms with Gasteiger partial charge in [-0.15, -0.1) is 0 Å². The number of nitrogens with zero attached hydrogens (tertiary/aromatic N) is 1. The van der Waals surface area contributed by atoms with E-state index in [1.165, 1.54) is 0 Å². The number of methoxy groups -OCH3 is 1. The second kappa shape index (κ2) is 6.76. The lowest BCUT2D eigenvalue weighted by Gasteiger charge is -2.17. The molecule has 0 spiro atoms. The fraction of sp³-hybridized carbons (Fsp3) is 0.333. The third kappa shape index (κ3) is 3.64. The lowest BCUT2D eigenvalue weighted by Crippen LogP contribution is -2.17. The lowest BCUT2D eigenvalue weighted by atomic mass is 10.1. The zero-order chi connectivity index (χ0) is 15.4. The van der Waals surface area contributed by atoms with Crippen molar-refractivity contribution >= 4 is 38.5 Å². The van der Waals surface area contributed by atoms with Gasteiger partial charge in [-0.25, -0.2) is 0 Å². The first-order chi connectivity index (χ1) is 10.0. The molecule has 112 valence electrons. The van der Waals surface area contributed by atoms with Gasteiger partial charge in [0.05, 0.1) is 22.8 Å². The summed E-state index contributed by atoms with van der Waals surface area (Å²) in [5, 5.41) is 13.0. The molecule has 2 N–H and O–H groups in total. The maximum absolute atomic E-state index is 10.6. The van der Waals surface area contributed by atoms with Crippen molar-refractivity contribution in [2.24, 2.45) is 0 Å². The predicted octanol–water partition coefficient (Wildman–Crippen LogP) is 3.67. The number of ether oxygens (including phenoxy) is 1. The van der Waals surface area contributed by atoms with E-state index in [4.69, 9.17) is 9.84 Å². The Kier molecular flexibility index (Phi) is 5.01. The lowest BCUT2D eigenvalue weighted by molar-refractivity contribution is -0.137. The molecule has 0 amide bonds. The van der Waals surface area contributed by atoms with Crippen molar-refractivity contribution in [1.29, 1.82) is 0 Å². The summed E-state index contributed by atoms with van der Waals surface area (Å²) in [7, 11) is 1.61. The number of fused-ring (bicyclic) bond motifs is 1. The molecule has 0 aliphatic heterocycles. The van der Waals surface area contributed by atoms with Crippen molar-refractivity contribution in [2.45, 2.75) is 25.8 Å². The minimum atomic E-state index is -0.792. The summed E-state index contributed by atoms with van der Waals surface area (Å²) in [5.41, 5.74) is 1.66. The first kappa shape index (κ1) is 15.6. The van der Waals surface area contributed by atoms with E-state index < -0.39 is 5.97 Å². The number of hydrogen-bond donors (Lipinski definition) is 2. The van der Waals surface area contributed by atoms with Gasteiger partial charge < -0.3 is 15.2 Å². The monoisotopic (exact) mass is 352 g/mol. The van der Waals surface area contributed by atoms with Gasteiger partial charge in [0.1, 0.15) is 5.75 Å². The molecule has 0 aliphatic rings. The highest BCUT2D eigenvalue weighted by molar-refractivity contribution is 9.10. The van der Waals surface area contributed by atoms with E-state index in [-0.39, 0.29) is 12.5 Å². The molecule has 1 unspecified atom stereocenters. The largest absolute Gasteiger partial charge is 0.495 e. The molecule has 2 rings (SSSR count). The first-order valence-electron chi connectivity index (χ1n) is 6.62. The summed E-state index contributed by atoms with van der Waals surface area (Å²) in [6, 6.07) is 5.72. The quantitative estimate of drug-likeness (QED) is 0.829. The third-order valence-corrected chi connectivity index (χ3v) is 4.02. The van der Waals surface area contributed by atoms with Crippen LogP contribution in [-0.4, -0.2) is 29.2 Å². The van der Waals surface area contributed by atoms with E-state index >= 15 is 0 Å². The summed E-state index contributed by atoms with van der Waals surface area (Å²) in [6.07, 6.45) is 2.41. The number of benzene rings is 1. The summed E-state index contributed by atoms with van der Waals surface area (Å²) < 4.78 is 6.22. The van der Waals surface area contributed by atoms with Crippen LogP contribution in [0.15, 0.2) is 28.9 Å². The van der Waals surface area contributed by atoms with Crippen LogP contribution in [0.5, 0.6) is 5.75 Å². The van der Waals surface area contributed by atoms with Crippen molar-refractivity contribution in [3.05, 3.63) is 28.9 Å². The molecule has 21 heavy (non-hydrogen) atoms. The molecule has 1 atom stereocenters. The Labute approximate surface area is 131 Å². The number of aromatic nitrogens is 1. The highest BCUT2D eigenvalue weighted by atomic mass is 79.9. The SMILES string of the molecule is COc1cc(NC(C)CCC(=O)O)c2ncccc2c1Br. The first-order valence-corrected chi connectivity index (χ1v) is 7.41. The van der Waals surface area contributed by atoms with Crippen LogP contribution in [0.3, 0.4) is 0 Å². The molecule has 1 aromatic heterocycles. The standard InChI is InChI=1S/C15H17BrN2O3/c1-9(5-6-13(19)20)18-11-8-12(21-2)14(16)10-4-3-7-17-15(10)11/h3-4,7-9,18H,5-6H2,1-2H3,(H,19,20). The van der Waals surface area contributed by atoms with E-state index in [1.54, 1.807) is 13.3 Å². The number of rotatable bonds is 6. The number of halogens is 1. The summed E-state index contributed by atoms with van der Waals surface area (Å²) in [6.45, 7) is 1.95. The normalized spacial score (nSPS) is 12.1. The average Bonchev–Trinajstić information content (AvgIpc) is 2.48. The molecule has 0 fully saturated rings. The van der Waals surface area contributed by atoms with Crippen molar-refractivity contribution in [3.8, 4) is 5.75 Å². The second-order valence-corrected chi connectivity index (χ2v) is 5.61. The van der Waals surface area contributed by atoms with Crippen LogP contribution >= 0.6 is 15.9 Å². The van der Waals surface area contributed by atoms with E-state index in [0.717, 1.165) is 21.1 Å². The molecule has 1 heterocycles. The van der Waals surface area contributed by atoms with Crippen LogP contribution in [0.1, 0.15) is 19.8 Å². The third-order valence-electron chi connectivity index (χ3n) is 3.20. The molecule has 2 aromatic rings. The van der Waals surface area contributed by atoms with E-state index in [9.17, 15) is 4.79 Å². The van der Waals surface area contributed by atoms with Gasteiger partial charge in [-0.3, -0.25) is 9.78 Å². The Bertz CT molecular complexity index is 661. The van der Waals surface area contributed by atoms with E-state index in [2.05, 4.69) is 26.2 Å². The number of carbonyl (C=O) groups is 1. The zero-order valence-electron chi connectivity index (χ0n) is 11.9. The van der Waals surface area contributed by atoms with E-state index in [0.29, 0.717) is 12.2 Å². The molecule has 6 heteroatoms. The maximum atomic E-state index is 10.6. The second-order valence-electron chi connectivity index (χ2n) is 4.82. The van der Waals surface area contributed by atoms with Crippen LogP contribution in [0, 0.1) is 0 Å². The number of nitrogens with one attached hydrogen (secondary N) is 1. The Morgan fingerprint density at radius 1 is 1.57 bits per heavy atom. The van der Waals surface area contributed by atoms with Gasteiger partial charge in [0.25, 0.3) is 0 Å². The Balaban J connectivity index is 2.34. The highest BCUT2D eigenvalue weighted by Gasteiger charge is 2.13. The molecule has 0 radical (unpaired) electrons. The van der Waals surface area contributed by atoms with E-state index in [1.807, 2.05) is 25.1 Å². The molecule has 0 saturated carbocycles. The molecule has 0 bridgehead atoms. The number of anilines is 1. The van der Waals surface area contributed by atoms with Gasteiger partial charge in [-0.05, 0) is 41.4 Å². The maximum Gasteiger partial charge on any atom is 0.303 e. The molecular weight excluding hydrogens is 336 g/mol. The number of aliphatic carboxylic acids is 1. The molecule has 1 aromatic carbocycles. The Morgan fingerprint density at radius 2 is 2.33 bits per heavy atom. The van der Waals surface area contributed by atoms with Gasteiger partial charge in [0.2, 0.25) is 0 Å². The summed E-state index contributed by atoms with van der Waals surface area (Å²) in [4.78, 5) is 15.0. The van der Waals surface area contributed by atoms with Crippen LogP contribution in [0.4, 0.5) is 5.69 Å². The fourth-order valence-corrected chi connectivity index (χ4v) is 2.73. The zero-order valence-corrected chi connectivity index (χ0v) is 13.5. The van der Waals surface area contributed by atoms with Gasteiger partial charge >= 0.3 is 5.97 Å². The average molecular weight is 353 g/mol. The van der Waals surface area contributed by atoms with Crippen molar-refractivity contribution in [3.63, 3.8) is 0 Å². The van der Waals surface area contributed by atoms with Crippen LogP contribution in [0.25, 0.3) is 10.9 Å². The highest BCUT2D eigenvalue weighted by Crippen LogP contribution is 2.37. The minimum absolute atomic E-state index is 0.0252. The van der Waals surface area contributed by atoms with Crippen molar-refractivity contribution in [1.82, 2.24) is 4.98 Å². The minimum Gasteiger partial charge on any atom is -0.495 e. The smallest absolute Gasteiger partial charge is 0.303 e. The topological polar surface area (TPSA) is 71.5 Å². The Hall–Kier alpha value is -1.82. The number of hydrogen-bond acceptors (Lipinski definition) is 4. The molecule has 0 aliphatic carbocycles. The molecular formula is C15H17BrN2O3. The summed E-state index contributed by atoms with van der Waals surface area (Å²) >= 11 is 3.52. The fourth-order valence-electron chi connectivity index (χ4n) is 2.13. The van der Waals surface area contributed by atoms with Gasteiger partial charge in [0.15, 0.2) is 0 Å². The van der Waals surface area contributed by atoms with Crippen molar-refractivity contribution in [2.75, 3.05) is 12.4 Å². The summed E-state index contributed by atoms with van der Waals surface area (Å²) in [5.74, 6) is -0.0801.